The number of ether oxygens (including phenoxy) is 1. The van der Waals surface area contributed by atoms with E-state index in [2.05, 4.69) is 0 Å². The van der Waals surface area contributed by atoms with Crippen molar-refractivity contribution in [3.8, 4) is 0 Å². The monoisotopic (exact) mass is 490 g/mol. The fraction of sp³-hybridized carbons (Fsp3) is 0.583. The smallest absolute Gasteiger partial charge is 0.308 e. The summed E-state index contributed by atoms with van der Waals surface area (Å²) in [7, 11) is -3.59. The third-order valence-electron chi connectivity index (χ3n) is 6.97. The zero-order valence-electron chi connectivity index (χ0n) is 19.1. The molecule has 0 N–H and O–H groups in total. The van der Waals surface area contributed by atoms with E-state index in [1.54, 1.807) is 0 Å². The summed E-state index contributed by atoms with van der Waals surface area (Å²) in [4.78, 5) is 50.7. The molecule has 3 fully saturated rings. The van der Waals surface area contributed by atoms with Crippen molar-refractivity contribution in [1.29, 1.82) is 0 Å². The van der Waals surface area contributed by atoms with Crippen LogP contribution >= 0.6 is 0 Å². The van der Waals surface area contributed by atoms with Gasteiger partial charge < -0.3 is 4.74 Å². The van der Waals surface area contributed by atoms with Gasteiger partial charge in [-0.15, -0.1) is 0 Å². The van der Waals surface area contributed by atoms with Crippen molar-refractivity contribution in [2.45, 2.75) is 56.3 Å². The minimum atomic E-state index is -3.59. The van der Waals surface area contributed by atoms with E-state index in [1.165, 1.54) is 28.6 Å². The van der Waals surface area contributed by atoms with E-state index >= 15 is 0 Å². The van der Waals surface area contributed by atoms with Crippen LogP contribution in [-0.2, 0) is 29.1 Å². The van der Waals surface area contributed by atoms with Crippen molar-refractivity contribution in [2.75, 3.05) is 26.2 Å². The molecular weight excluding hydrogens is 460 g/mol. The van der Waals surface area contributed by atoms with Gasteiger partial charge in [-0.1, -0.05) is 19.3 Å². The third kappa shape index (κ3) is 5.07. The molecule has 184 valence electrons. The second kappa shape index (κ2) is 10.4. The number of sulfonamides is 1. The maximum Gasteiger partial charge on any atom is 0.308 e. The molecule has 1 aromatic rings. The summed E-state index contributed by atoms with van der Waals surface area (Å²) in [6.07, 6.45) is 5.81. The fourth-order valence-corrected chi connectivity index (χ4v) is 6.54. The lowest BCUT2D eigenvalue weighted by Crippen LogP contribution is -2.35. The molecule has 34 heavy (non-hydrogen) atoms. The van der Waals surface area contributed by atoms with Gasteiger partial charge in [0.1, 0.15) is 0 Å². The Hall–Kier alpha value is -2.59. The highest BCUT2D eigenvalue weighted by molar-refractivity contribution is 7.89. The fourth-order valence-electron chi connectivity index (χ4n) is 5.02. The van der Waals surface area contributed by atoms with Crippen LogP contribution in [0.25, 0.3) is 0 Å². The van der Waals surface area contributed by atoms with E-state index in [1.807, 2.05) is 0 Å². The van der Waals surface area contributed by atoms with Crippen LogP contribution in [0.2, 0.25) is 0 Å². The van der Waals surface area contributed by atoms with Gasteiger partial charge in [-0.25, -0.2) is 8.42 Å². The molecule has 1 aromatic carbocycles. The number of benzene rings is 1. The average Bonchev–Trinajstić information content (AvgIpc) is 3.11. The molecule has 2 heterocycles. The number of imide groups is 1. The third-order valence-corrected chi connectivity index (χ3v) is 8.88. The molecule has 2 saturated heterocycles. The molecule has 0 aromatic heterocycles. The molecule has 2 aliphatic heterocycles. The number of amides is 2. The van der Waals surface area contributed by atoms with Gasteiger partial charge in [0.15, 0.2) is 12.4 Å². The Morgan fingerprint density at radius 3 is 2.06 bits per heavy atom. The van der Waals surface area contributed by atoms with E-state index in [0.717, 1.165) is 37.0 Å². The zero-order valence-corrected chi connectivity index (χ0v) is 19.9. The van der Waals surface area contributed by atoms with Crippen LogP contribution in [0.4, 0.5) is 0 Å². The average molecular weight is 491 g/mol. The lowest BCUT2D eigenvalue weighted by Gasteiger charge is -2.25. The minimum absolute atomic E-state index is 0.0409. The van der Waals surface area contributed by atoms with Gasteiger partial charge in [-0.05, 0) is 49.9 Å². The van der Waals surface area contributed by atoms with Crippen LogP contribution < -0.4 is 0 Å². The van der Waals surface area contributed by atoms with Gasteiger partial charge in [-0.3, -0.25) is 24.1 Å². The predicted octanol–water partition coefficient (Wildman–Crippen LogP) is 2.15. The number of fused-ring (bicyclic) bond motifs is 1. The van der Waals surface area contributed by atoms with Gasteiger partial charge in [0.25, 0.3) is 0 Å². The number of nitrogens with zero attached hydrogens (tertiary/aromatic N) is 2. The Balaban J connectivity index is 1.26. The van der Waals surface area contributed by atoms with Crippen molar-refractivity contribution in [2.24, 2.45) is 11.8 Å². The maximum absolute atomic E-state index is 12.7. The van der Waals surface area contributed by atoms with E-state index in [0.29, 0.717) is 25.9 Å². The van der Waals surface area contributed by atoms with Crippen LogP contribution in [0, 0.1) is 11.8 Å². The molecule has 3 aliphatic rings. The summed E-state index contributed by atoms with van der Waals surface area (Å²) in [5.74, 6) is -2.08. The second-order valence-electron chi connectivity index (χ2n) is 9.15. The normalized spacial score (nSPS) is 23.6. The number of rotatable bonds is 8. The van der Waals surface area contributed by atoms with E-state index in [9.17, 15) is 27.6 Å². The first-order valence-electron chi connectivity index (χ1n) is 11.9. The Morgan fingerprint density at radius 2 is 1.47 bits per heavy atom. The van der Waals surface area contributed by atoms with Gasteiger partial charge in [0.2, 0.25) is 21.8 Å². The highest BCUT2D eigenvalue weighted by Crippen LogP contribution is 2.38. The van der Waals surface area contributed by atoms with Gasteiger partial charge in [0.05, 0.1) is 23.2 Å². The lowest BCUT2D eigenvalue weighted by atomic mass is 9.81. The molecule has 4 rings (SSSR count). The summed E-state index contributed by atoms with van der Waals surface area (Å²) in [6.45, 7) is 0.453. The lowest BCUT2D eigenvalue weighted by molar-refractivity contribution is -0.145. The number of carbonyl (C=O) groups excluding carboxylic acids is 4. The molecule has 0 bridgehead atoms. The van der Waals surface area contributed by atoms with Crippen LogP contribution in [0.15, 0.2) is 29.2 Å². The standard InChI is InChI=1S/C24H30N2O7S/c27-21(17-8-10-18(11-9-17)34(31,32)25-13-4-1-5-14-25)16-33-22(28)12-15-26-23(29)19-6-2-3-7-20(19)24(26)30/h8-11,19-20H,1-7,12-16H2/t19-,20-/m1/s1. The molecule has 1 aliphatic carbocycles. The number of hydrogen-bond acceptors (Lipinski definition) is 7. The van der Waals surface area contributed by atoms with E-state index in [4.69, 9.17) is 4.74 Å². The van der Waals surface area contributed by atoms with Gasteiger partial charge >= 0.3 is 5.97 Å². The summed E-state index contributed by atoms with van der Waals surface area (Å²) < 4.78 is 31.9. The Kier molecular flexibility index (Phi) is 7.47. The van der Waals surface area contributed by atoms with Crippen LogP contribution in [0.1, 0.15) is 61.7 Å². The topological polar surface area (TPSA) is 118 Å². The predicted molar refractivity (Wildman–Crippen MR) is 121 cm³/mol. The van der Waals surface area contributed by atoms with Crippen molar-refractivity contribution >= 4 is 33.6 Å². The quantitative estimate of drug-likeness (QED) is 0.311. The second-order valence-corrected chi connectivity index (χ2v) is 11.1. The number of Topliss-reactive ketones (excluding diaryl/α,β-unsaturated/α-hetero) is 1. The Labute approximate surface area is 199 Å². The number of esters is 1. The van der Waals surface area contributed by atoms with Crippen molar-refractivity contribution < 1.29 is 32.3 Å². The Bertz CT molecular complexity index is 1040. The molecule has 0 spiro atoms. The summed E-state index contributed by atoms with van der Waals surface area (Å²) in [5.41, 5.74) is 0.236. The van der Waals surface area contributed by atoms with E-state index in [-0.39, 0.29) is 47.1 Å². The van der Waals surface area contributed by atoms with Crippen LogP contribution in [0.5, 0.6) is 0 Å². The minimum Gasteiger partial charge on any atom is -0.457 e. The highest BCUT2D eigenvalue weighted by Gasteiger charge is 2.47. The number of piperidine rings is 1. The number of ketones is 1. The number of likely N-dealkylation sites (tertiary alicyclic amines) is 1. The van der Waals surface area contributed by atoms with Gasteiger partial charge in [0, 0.05) is 25.2 Å². The zero-order chi connectivity index (χ0) is 24.3. The number of hydrogen-bond donors (Lipinski definition) is 0. The highest BCUT2D eigenvalue weighted by atomic mass is 32.2. The van der Waals surface area contributed by atoms with Crippen molar-refractivity contribution in [1.82, 2.24) is 9.21 Å². The van der Waals surface area contributed by atoms with E-state index < -0.39 is 28.4 Å². The molecule has 0 radical (unpaired) electrons. The van der Waals surface area contributed by atoms with Crippen molar-refractivity contribution in [3.05, 3.63) is 29.8 Å². The first kappa shape index (κ1) is 24.5. The van der Waals surface area contributed by atoms with Crippen molar-refractivity contribution in [3.63, 3.8) is 0 Å². The van der Waals surface area contributed by atoms with Crippen LogP contribution in [0.3, 0.4) is 0 Å². The first-order chi connectivity index (χ1) is 16.3. The van der Waals surface area contributed by atoms with Crippen LogP contribution in [-0.4, -0.2) is 67.4 Å². The molecule has 10 heteroatoms. The molecule has 1 saturated carbocycles. The van der Waals surface area contributed by atoms with Gasteiger partial charge in [-0.2, -0.15) is 4.31 Å². The summed E-state index contributed by atoms with van der Waals surface area (Å²) in [6, 6.07) is 5.61. The molecule has 2 atom stereocenters. The summed E-state index contributed by atoms with van der Waals surface area (Å²) in [5, 5.41) is 0. The largest absolute Gasteiger partial charge is 0.457 e. The Morgan fingerprint density at radius 1 is 0.882 bits per heavy atom. The molecule has 2 amide bonds. The maximum atomic E-state index is 12.7. The molecule has 9 nitrogen and oxygen atoms in total. The summed E-state index contributed by atoms with van der Waals surface area (Å²) >= 11 is 0. The molecular formula is C24H30N2O7S. The SMILES string of the molecule is O=C(CCN1C(=O)[C@@H]2CCCC[C@H]2C1=O)OCC(=O)c1ccc(S(=O)(=O)N2CCCCC2)cc1. The number of carbonyl (C=O) groups is 4. The first-order valence-corrected chi connectivity index (χ1v) is 13.4. The molecule has 0 unspecified atom stereocenters.